The van der Waals surface area contributed by atoms with E-state index in [4.69, 9.17) is 17.3 Å². The molecular weight excluding hydrogens is 358 g/mol. The van der Waals surface area contributed by atoms with Crippen LogP contribution in [-0.2, 0) is 6.54 Å². The van der Waals surface area contributed by atoms with Gasteiger partial charge in [-0.15, -0.1) is 0 Å². The standard InChI is InChI=1S/C22H20ClN3O/c1-25-21(24)17-8-6-15(7-9-17)14-26-22(27)20-5-3-2-4-19(20)16-10-12-18(23)13-11-16/h2-13H,14H2,1H3,(H2,24,25)(H,26,27). The number of amidine groups is 1. The van der Waals surface area contributed by atoms with E-state index in [9.17, 15) is 4.79 Å². The van der Waals surface area contributed by atoms with Crippen molar-refractivity contribution in [2.45, 2.75) is 6.54 Å². The molecule has 3 aromatic rings. The van der Waals surface area contributed by atoms with Crippen LogP contribution in [0.4, 0.5) is 0 Å². The van der Waals surface area contributed by atoms with E-state index in [1.54, 1.807) is 7.05 Å². The van der Waals surface area contributed by atoms with Gasteiger partial charge in [-0.3, -0.25) is 9.79 Å². The van der Waals surface area contributed by atoms with Gasteiger partial charge in [-0.2, -0.15) is 0 Å². The second kappa shape index (κ2) is 8.52. The molecule has 0 aliphatic carbocycles. The molecule has 0 saturated carbocycles. The van der Waals surface area contributed by atoms with E-state index in [1.807, 2.05) is 72.8 Å². The van der Waals surface area contributed by atoms with Crippen LogP contribution in [-0.4, -0.2) is 18.8 Å². The summed E-state index contributed by atoms with van der Waals surface area (Å²) in [5.41, 5.74) is 10.1. The van der Waals surface area contributed by atoms with Gasteiger partial charge in [0.1, 0.15) is 5.84 Å². The van der Waals surface area contributed by atoms with Crippen LogP contribution in [0, 0.1) is 0 Å². The summed E-state index contributed by atoms with van der Waals surface area (Å²) >= 11 is 5.96. The second-order valence-electron chi connectivity index (χ2n) is 6.04. The molecule has 0 aliphatic heterocycles. The third-order valence-corrected chi connectivity index (χ3v) is 4.52. The van der Waals surface area contributed by atoms with Crippen molar-refractivity contribution < 1.29 is 4.79 Å². The Hall–Kier alpha value is -3.11. The molecule has 4 nitrogen and oxygen atoms in total. The number of nitrogens with two attached hydrogens (primary N) is 1. The summed E-state index contributed by atoms with van der Waals surface area (Å²) in [6, 6.07) is 22.6. The Bertz CT molecular complexity index is 964. The number of halogens is 1. The fourth-order valence-electron chi connectivity index (χ4n) is 2.76. The molecule has 136 valence electrons. The highest BCUT2D eigenvalue weighted by molar-refractivity contribution is 6.30. The van der Waals surface area contributed by atoms with Gasteiger partial charge in [0.05, 0.1) is 0 Å². The second-order valence-corrected chi connectivity index (χ2v) is 6.48. The van der Waals surface area contributed by atoms with Crippen LogP contribution in [0.5, 0.6) is 0 Å². The number of benzene rings is 3. The van der Waals surface area contributed by atoms with Gasteiger partial charge in [0.2, 0.25) is 0 Å². The molecule has 0 bridgehead atoms. The summed E-state index contributed by atoms with van der Waals surface area (Å²) in [6.45, 7) is 0.428. The first kappa shape index (κ1) is 18.7. The molecule has 0 aliphatic rings. The lowest BCUT2D eigenvalue weighted by atomic mass is 9.99. The summed E-state index contributed by atoms with van der Waals surface area (Å²) in [4.78, 5) is 16.7. The SMILES string of the molecule is CN=C(N)c1ccc(CNC(=O)c2ccccc2-c2ccc(Cl)cc2)cc1. The molecule has 0 unspecified atom stereocenters. The first-order valence-corrected chi connectivity index (χ1v) is 8.91. The number of carbonyl (C=O) groups excluding carboxylic acids is 1. The predicted molar refractivity (Wildman–Crippen MR) is 111 cm³/mol. The van der Waals surface area contributed by atoms with E-state index < -0.39 is 0 Å². The van der Waals surface area contributed by atoms with E-state index >= 15 is 0 Å². The van der Waals surface area contributed by atoms with Gasteiger partial charge < -0.3 is 11.1 Å². The number of hydrogen-bond donors (Lipinski definition) is 2. The monoisotopic (exact) mass is 377 g/mol. The van der Waals surface area contributed by atoms with Crippen molar-refractivity contribution in [2.24, 2.45) is 10.7 Å². The Kier molecular flexibility index (Phi) is 5.89. The van der Waals surface area contributed by atoms with Crippen LogP contribution in [0.1, 0.15) is 21.5 Å². The predicted octanol–water partition coefficient (Wildman–Crippen LogP) is 4.27. The van der Waals surface area contributed by atoms with Gasteiger partial charge >= 0.3 is 0 Å². The van der Waals surface area contributed by atoms with Gasteiger partial charge in [0.25, 0.3) is 5.91 Å². The zero-order chi connectivity index (χ0) is 19.2. The molecule has 0 aromatic heterocycles. The summed E-state index contributed by atoms with van der Waals surface area (Å²) in [7, 11) is 1.65. The van der Waals surface area contributed by atoms with Crippen LogP contribution in [0.2, 0.25) is 5.02 Å². The number of carbonyl (C=O) groups is 1. The lowest BCUT2D eigenvalue weighted by Gasteiger charge is -2.11. The van der Waals surface area contributed by atoms with Gasteiger partial charge in [-0.25, -0.2) is 0 Å². The van der Waals surface area contributed by atoms with Crippen molar-refractivity contribution in [1.29, 1.82) is 0 Å². The molecule has 0 radical (unpaired) electrons. The normalized spacial score (nSPS) is 11.3. The van der Waals surface area contributed by atoms with Crippen molar-refractivity contribution in [3.63, 3.8) is 0 Å². The van der Waals surface area contributed by atoms with E-state index in [0.717, 1.165) is 22.3 Å². The molecule has 5 heteroatoms. The average Bonchev–Trinajstić information content (AvgIpc) is 2.72. The van der Waals surface area contributed by atoms with Gasteiger partial charge in [-0.05, 0) is 34.9 Å². The molecule has 0 atom stereocenters. The molecule has 3 aromatic carbocycles. The summed E-state index contributed by atoms with van der Waals surface area (Å²) in [5.74, 6) is 0.363. The molecule has 0 fully saturated rings. The zero-order valence-electron chi connectivity index (χ0n) is 14.9. The molecule has 0 spiro atoms. The van der Waals surface area contributed by atoms with Crippen LogP contribution >= 0.6 is 11.6 Å². The first-order chi connectivity index (χ1) is 13.1. The summed E-state index contributed by atoms with van der Waals surface area (Å²) < 4.78 is 0. The van der Waals surface area contributed by atoms with Crippen LogP contribution in [0.25, 0.3) is 11.1 Å². The van der Waals surface area contributed by atoms with E-state index in [1.165, 1.54) is 0 Å². The van der Waals surface area contributed by atoms with E-state index in [2.05, 4.69) is 10.3 Å². The van der Waals surface area contributed by atoms with Crippen molar-refractivity contribution in [3.8, 4) is 11.1 Å². The fourth-order valence-corrected chi connectivity index (χ4v) is 2.89. The Labute approximate surface area is 163 Å². The van der Waals surface area contributed by atoms with E-state index in [0.29, 0.717) is 23.0 Å². The number of nitrogens with one attached hydrogen (secondary N) is 1. The number of hydrogen-bond acceptors (Lipinski definition) is 2. The first-order valence-electron chi connectivity index (χ1n) is 8.53. The topological polar surface area (TPSA) is 67.5 Å². The maximum atomic E-state index is 12.7. The molecule has 1 amide bonds. The summed E-state index contributed by atoms with van der Waals surface area (Å²) in [6.07, 6.45) is 0. The van der Waals surface area contributed by atoms with Crippen molar-refractivity contribution in [1.82, 2.24) is 5.32 Å². The maximum absolute atomic E-state index is 12.7. The Morgan fingerprint density at radius 3 is 2.33 bits per heavy atom. The minimum Gasteiger partial charge on any atom is -0.384 e. The molecule has 3 rings (SSSR count). The number of rotatable bonds is 5. The Morgan fingerprint density at radius 2 is 1.67 bits per heavy atom. The smallest absolute Gasteiger partial charge is 0.252 e. The van der Waals surface area contributed by atoms with E-state index in [-0.39, 0.29) is 5.91 Å². The Morgan fingerprint density at radius 1 is 1.00 bits per heavy atom. The van der Waals surface area contributed by atoms with Gasteiger partial charge in [0.15, 0.2) is 0 Å². The number of nitrogens with zero attached hydrogens (tertiary/aromatic N) is 1. The van der Waals surface area contributed by atoms with Gasteiger partial charge in [-0.1, -0.05) is 66.2 Å². The fraction of sp³-hybridized carbons (Fsp3) is 0.0909. The zero-order valence-corrected chi connectivity index (χ0v) is 15.7. The summed E-state index contributed by atoms with van der Waals surface area (Å²) in [5, 5.41) is 3.64. The van der Waals surface area contributed by atoms with Gasteiger partial charge in [0, 0.05) is 29.7 Å². The number of aliphatic imine (C=N–C) groups is 1. The van der Waals surface area contributed by atoms with Crippen molar-refractivity contribution in [2.75, 3.05) is 7.05 Å². The lowest BCUT2D eigenvalue weighted by molar-refractivity contribution is 0.0951. The Balaban J connectivity index is 1.74. The lowest BCUT2D eigenvalue weighted by Crippen LogP contribution is -2.23. The third kappa shape index (κ3) is 4.54. The molecular formula is C22H20ClN3O. The molecule has 27 heavy (non-hydrogen) atoms. The third-order valence-electron chi connectivity index (χ3n) is 4.27. The quantitative estimate of drug-likeness (QED) is 0.515. The molecule has 3 N–H and O–H groups in total. The molecule has 0 heterocycles. The number of amides is 1. The highest BCUT2D eigenvalue weighted by Crippen LogP contribution is 2.25. The van der Waals surface area contributed by atoms with Crippen LogP contribution < -0.4 is 11.1 Å². The van der Waals surface area contributed by atoms with Crippen molar-refractivity contribution in [3.05, 3.63) is 94.5 Å². The van der Waals surface area contributed by atoms with Crippen LogP contribution in [0.3, 0.4) is 0 Å². The average molecular weight is 378 g/mol. The van der Waals surface area contributed by atoms with Crippen LogP contribution in [0.15, 0.2) is 77.8 Å². The molecule has 0 saturated heterocycles. The highest BCUT2D eigenvalue weighted by Gasteiger charge is 2.12. The minimum absolute atomic E-state index is 0.126. The largest absolute Gasteiger partial charge is 0.384 e. The minimum atomic E-state index is -0.126. The van der Waals surface area contributed by atoms with Crippen molar-refractivity contribution >= 4 is 23.3 Å². The highest BCUT2D eigenvalue weighted by atomic mass is 35.5. The maximum Gasteiger partial charge on any atom is 0.252 e.